The first-order valence-electron chi connectivity index (χ1n) is 8.54. The summed E-state index contributed by atoms with van der Waals surface area (Å²) in [6, 6.07) is 4.35. The summed E-state index contributed by atoms with van der Waals surface area (Å²) in [5, 5.41) is 0. The van der Waals surface area contributed by atoms with E-state index < -0.39 is 23.2 Å². The monoisotopic (exact) mass is 387 g/mol. The van der Waals surface area contributed by atoms with Crippen LogP contribution in [0.3, 0.4) is 0 Å². The largest absolute Gasteiger partial charge is 0.335 e. The summed E-state index contributed by atoms with van der Waals surface area (Å²) in [6.45, 7) is 0.959. The number of nitrogens with zero attached hydrogens (tertiary/aromatic N) is 3. The molecular weight excluding hydrogens is 372 g/mol. The molecule has 8 nitrogen and oxygen atoms in total. The molecule has 0 radical (unpaired) electrons. The minimum absolute atomic E-state index is 0.202. The van der Waals surface area contributed by atoms with Gasteiger partial charge < -0.3 is 14.8 Å². The SMILES string of the molecule is O=C(c1cnc2[nH]c(=O)[nH]c2c1)N1CCN(C(=O)c2ccc(F)cc2F)CC1. The second-order valence-corrected chi connectivity index (χ2v) is 6.41. The molecule has 2 amide bonds. The maximum Gasteiger partial charge on any atom is 0.325 e. The number of fused-ring (bicyclic) bond motifs is 1. The average molecular weight is 387 g/mol. The zero-order valence-corrected chi connectivity index (χ0v) is 14.5. The number of rotatable bonds is 2. The molecule has 1 fully saturated rings. The average Bonchev–Trinajstić information content (AvgIpc) is 3.06. The van der Waals surface area contributed by atoms with Crippen molar-refractivity contribution in [2.75, 3.05) is 26.2 Å². The Balaban J connectivity index is 1.44. The maximum atomic E-state index is 13.8. The Labute approximate surface area is 156 Å². The first-order chi connectivity index (χ1) is 13.4. The molecule has 144 valence electrons. The van der Waals surface area contributed by atoms with Crippen LogP contribution in [0.2, 0.25) is 0 Å². The molecule has 0 aliphatic carbocycles. The number of hydrogen-bond acceptors (Lipinski definition) is 4. The molecule has 10 heteroatoms. The van der Waals surface area contributed by atoms with Crippen molar-refractivity contribution >= 4 is 23.0 Å². The minimum Gasteiger partial charge on any atom is -0.335 e. The van der Waals surface area contributed by atoms with E-state index >= 15 is 0 Å². The minimum atomic E-state index is -0.914. The third-order valence-electron chi connectivity index (χ3n) is 4.63. The van der Waals surface area contributed by atoms with E-state index in [-0.39, 0.29) is 37.6 Å². The number of H-pyrrole nitrogens is 2. The van der Waals surface area contributed by atoms with Crippen molar-refractivity contribution < 1.29 is 18.4 Å². The van der Waals surface area contributed by atoms with E-state index in [1.165, 1.54) is 17.2 Å². The smallest absolute Gasteiger partial charge is 0.325 e. The molecule has 0 unspecified atom stereocenters. The summed E-state index contributed by atoms with van der Waals surface area (Å²) in [5.41, 5.74) is 0.487. The number of nitrogens with one attached hydrogen (secondary N) is 2. The highest BCUT2D eigenvalue weighted by molar-refractivity contribution is 5.97. The number of piperazine rings is 1. The van der Waals surface area contributed by atoms with Gasteiger partial charge in [0.25, 0.3) is 11.8 Å². The van der Waals surface area contributed by atoms with Crippen molar-refractivity contribution in [1.82, 2.24) is 24.8 Å². The van der Waals surface area contributed by atoms with Gasteiger partial charge in [-0.25, -0.2) is 18.6 Å². The molecule has 0 spiro atoms. The van der Waals surface area contributed by atoms with Gasteiger partial charge in [-0.3, -0.25) is 14.6 Å². The summed E-state index contributed by atoms with van der Waals surface area (Å²) in [7, 11) is 0. The Morgan fingerprint density at radius 3 is 2.32 bits per heavy atom. The standard InChI is InChI=1S/C18H15F2N5O3/c19-11-1-2-12(13(20)8-11)17(27)25-5-3-24(4-6-25)16(26)10-7-14-15(21-9-10)23-18(28)22-14/h1-2,7-9H,3-6H2,(H2,21,22,23,28). The highest BCUT2D eigenvalue weighted by Crippen LogP contribution is 2.16. The van der Waals surface area contributed by atoms with Crippen LogP contribution in [-0.4, -0.2) is 62.7 Å². The third-order valence-corrected chi connectivity index (χ3v) is 4.63. The first-order valence-corrected chi connectivity index (χ1v) is 8.54. The van der Waals surface area contributed by atoms with E-state index in [0.717, 1.165) is 12.1 Å². The molecule has 1 aliphatic rings. The number of pyridine rings is 1. The van der Waals surface area contributed by atoms with Crippen LogP contribution in [0.1, 0.15) is 20.7 Å². The van der Waals surface area contributed by atoms with E-state index in [4.69, 9.17) is 0 Å². The van der Waals surface area contributed by atoms with Crippen LogP contribution in [0.15, 0.2) is 35.3 Å². The molecule has 1 aliphatic heterocycles. The van der Waals surface area contributed by atoms with Gasteiger partial charge in [0.15, 0.2) is 5.65 Å². The Morgan fingerprint density at radius 1 is 0.964 bits per heavy atom. The maximum absolute atomic E-state index is 13.8. The van der Waals surface area contributed by atoms with Gasteiger partial charge >= 0.3 is 5.69 Å². The summed E-state index contributed by atoms with van der Waals surface area (Å²) in [5.74, 6) is -2.49. The van der Waals surface area contributed by atoms with Crippen molar-refractivity contribution in [3.8, 4) is 0 Å². The molecule has 1 aromatic carbocycles. The lowest BCUT2D eigenvalue weighted by Crippen LogP contribution is -2.50. The zero-order valence-electron chi connectivity index (χ0n) is 14.5. The normalized spacial score (nSPS) is 14.5. The van der Waals surface area contributed by atoms with E-state index in [0.29, 0.717) is 22.8 Å². The Bertz CT molecular complexity index is 1130. The Kier molecular flexibility index (Phi) is 4.38. The van der Waals surface area contributed by atoms with Gasteiger partial charge in [0, 0.05) is 38.4 Å². The number of carbonyl (C=O) groups excluding carboxylic acids is 2. The molecule has 0 bridgehead atoms. The van der Waals surface area contributed by atoms with Crippen molar-refractivity contribution in [2.24, 2.45) is 0 Å². The molecular formula is C18H15F2N5O3. The number of benzene rings is 1. The predicted octanol–water partition coefficient (Wildman–Crippen LogP) is 1.13. The second kappa shape index (κ2) is 6.87. The number of imidazole rings is 1. The number of aromatic nitrogens is 3. The fourth-order valence-electron chi connectivity index (χ4n) is 3.17. The van der Waals surface area contributed by atoms with Crippen LogP contribution in [-0.2, 0) is 0 Å². The van der Waals surface area contributed by atoms with Gasteiger partial charge in [-0.1, -0.05) is 0 Å². The number of halogens is 2. The highest BCUT2D eigenvalue weighted by Gasteiger charge is 2.27. The van der Waals surface area contributed by atoms with Gasteiger partial charge in [0.2, 0.25) is 0 Å². The molecule has 1 saturated heterocycles. The molecule has 4 rings (SSSR count). The number of hydrogen-bond donors (Lipinski definition) is 2. The molecule has 2 N–H and O–H groups in total. The van der Waals surface area contributed by atoms with E-state index in [2.05, 4.69) is 15.0 Å². The summed E-state index contributed by atoms with van der Waals surface area (Å²) >= 11 is 0. The highest BCUT2D eigenvalue weighted by atomic mass is 19.1. The molecule has 2 aromatic heterocycles. The molecule has 3 aromatic rings. The third kappa shape index (κ3) is 3.24. The van der Waals surface area contributed by atoms with Crippen molar-refractivity contribution in [2.45, 2.75) is 0 Å². The van der Waals surface area contributed by atoms with Gasteiger partial charge in [0.1, 0.15) is 11.6 Å². The van der Waals surface area contributed by atoms with Crippen molar-refractivity contribution in [1.29, 1.82) is 0 Å². The molecule has 0 saturated carbocycles. The summed E-state index contributed by atoms with van der Waals surface area (Å²) < 4.78 is 26.8. The lowest BCUT2D eigenvalue weighted by atomic mass is 10.1. The van der Waals surface area contributed by atoms with E-state index in [1.807, 2.05) is 0 Å². The van der Waals surface area contributed by atoms with Crippen LogP contribution >= 0.6 is 0 Å². The van der Waals surface area contributed by atoms with Crippen LogP contribution < -0.4 is 5.69 Å². The Morgan fingerprint density at radius 2 is 1.64 bits per heavy atom. The lowest BCUT2D eigenvalue weighted by Gasteiger charge is -2.34. The Hall–Kier alpha value is -3.56. The lowest BCUT2D eigenvalue weighted by molar-refractivity contribution is 0.0532. The van der Waals surface area contributed by atoms with E-state index in [1.54, 1.807) is 4.90 Å². The predicted molar refractivity (Wildman–Crippen MR) is 94.9 cm³/mol. The fourth-order valence-corrected chi connectivity index (χ4v) is 3.17. The fraction of sp³-hybridized carbons (Fsp3) is 0.222. The van der Waals surface area contributed by atoms with Gasteiger partial charge in [-0.2, -0.15) is 0 Å². The number of carbonyl (C=O) groups is 2. The quantitative estimate of drug-likeness (QED) is 0.688. The number of amides is 2. The number of aromatic amines is 2. The molecule has 28 heavy (non-hydrogen) atoms. The van der Waals surface area contributed by atoms with Gasteiger partial charge in [-0.05, 0) is 18.2 Å². The molecule has 3 heterocycles. The van der Waals surface area contributed by atoms with Crippen LogP contribution in [0.4, 0.5) is 8.78 Å². The zero-order chi connectivity index (χ0) is 19.8. The van der Waals surface area contributed by atoms with Gasteiger partial charge in [-0.15, -0.1) is 0 Å². The van der Waals surface area contributed by atoms with Crippen molar-refractivity contribution in [3.05, 3.63) is 63.7 Å². The summed E-state index contributed by atoms with van der Waals surface area (Å²) in [6.07, 6.45) is 1.37. The van der Waals surface area contributed by atoms with Gasteiger partial charge in [0.05, 0.1) is 16.6 Å². The first kappa shape index (κ1) is 17.8. The van der Waals surface area contributed by atoms with Crippen LogP contribution in [0, 0.1) is 11.6 Å². The van der Waals surface area contributed by atoms with Crippen molar-refractivity contribution in [3.63, 3.8) is 0 Å². The summed E-state index contributed by atoms with van der Waals surface area (Å²) in [4.78, 5) is 48.5. The second-order valence-electron chi connectivity index (χ2n) is 6.41. The van der Waals surface area contributed by atoms with E-state index in [9.17, 15) is 23.2 Å². The topological polar surface area (TPSA) is 102 Å². The van der Waals surface area contributed by atoms with Crippen LogP contribution in [0.5, 0.6) is 0 Å². The van der Waals surface area contributed by atoms with Crippen LogP contribution in [0.25, 0.3) is 11.2 Å². The molecule has 0 atom stereocenters.